The van der Waals surface area contributed by atoms with Crippen molar-refractivity contribution in [2.75, 3.05) is 6.54 Å². The van der Waals surface area contributed by atoms with Crippen LogP contribution in [0, 0.1) is 0 Å². The lowest BCUT2D eigenvalue weighted by Crippen LogP contribution is -2.47. The fourth-order valence-electron chi connectivity index (χ4n) is 1.32. The summed E-state index contributed by atoms with van der Waals surface area (Å²) in [5.74, 6) is 0. The molecular weight excluding hydrogens is 234 g/mol. The largest absolute Gasteiger partial charge is 0.354 e. The summed E-state index contributed by atoms with van der Waals surface area (Å²) in [5, 5.41) is 3.88. The van der Waals surface area contributed by atoms with Crippen LogP contribution in [-0.2, 0) is 16.2 Å². The number of hydrogen-bond donors (Lipinski definition) is 2. The van der Waals surface area contributed by atoms with Crippen molar-refractivity contribution >= 4 is 12.5 Å². The maximum Gasteiger partial charge on any atom is 0.334 e. The van der Waals surface area contributed by atoms with Crippen molar-refractivity contribution in [3.63, 3.8) is 0 Å². The molecule has 2 N–H and O–H groups in total. The van der Waals surface area contributed by atoms with Crippen LogP contribution in [0.5, 0.6) is 0 Å². The molecule has 1 rings (SSSR count). The van der Waals surface area contributed by atoms with Gasteiger partial charge < -0.3 is 10.2 Å². The first-order chi connectivity index (χ1) is 8.77. The minimum absolute atomic E-state index is 0.227. The highest BCUT2D eigenvalue weighted by Crippen LogP contribution is 2.02. The van der Waals surface area contributed by atoms with E-state index in [9.17, 15) is 9.59 Å². The van der Waals surface area contributed by atoms with E-state index in [1.807, 2.05) is 37.3 Å². The molecule has 0 heterocycles. The van der Waals surface area contributed by atoms with Gasteiger partial charge in [0.1, 0.15) is 0 Å². The summed E-state index contributed by atoms with van der Waals surface area (Å²) >= 11 is 0. The first-order valence-corrected chi connectivity index (χ1v) is 5.72. The van der Waals surface area contributed by atoms with Crippen LogP contribution in [0.3, 0.4) is 0 Å². The molecule has 0 bridgehead atoms. The average Bonchev–Trinajstić information content (AvgIpc) is 2.42. The van der Waals surface area contributed by atoms with Gasteiger partial charge in [-0.05, 0) is 12.0 Å². The van der Waals surface area contributed by atoms with Gasteiger partial charge in [0.25, 0.3) is 0 Å². The zero-order valence-electron chi connectivity index (χ0n) is 10.3. The Hall–Kier alpha value is -2.08. The van der Waals surface area contributed by atoms with E-state index in [0.29, 0.717) is 13.1 Å². The van der Waals surface area contributed by atoms with Gasteiger partial charge in [0.2, 0.25) is 0 Å². The van der Waals surface area contributed by atoms with Crippen LogP contribution < -0.4 is 10.9 Å². The van der Waals surface area contributed by atoms with Gasteiger partial charge in [0.15, 0.2) is 0 Å². The number of hydrazine groups is 1. The molecule has 98 valence electrons. The van der Waals surface area contributed by atoms with Gasteiger partial charge >= 0.3 is 12.5 Å². The zero-order chi connectivity index (χ0) is 13.2. The first kappa shape index (κ1) is 14.0. The van der Waals surface area contributed by atoms with E-state index in [4.69, 9.17) is 0 Å². The standard InChI is InChI=1S/C12H17N3O3/c1-2-8-13-12(17)15(14-18-10-16)9-11-6-4-3-5-7-11/h3-7,10,14H,2,8-9H2,1H3,(H,13,17). The lowest BCUT2D eigenvalue weighted by atomic mass is 10.2. The summed E-state index contributed by atoms with van der Waals surface area (Å²) in [6, 6.07) is 9.05. The molecule has 1 aromatic carbocycles. The maximum atomic E-state index is 11.8. The van der Waals surface area contributed by atoms with Gasteiger partial charge in [-0.25, -0.2) is 9.80 Å². The molecule has 0 fully saturated rings. The fourth-order valence-corrected chi connectivity index (χ4v) is 1.32. The highest BCUT2D eigenvalue weighted by molar-refractivity contribution is 5.73. The molecule has 1 aromatic rings. The number of nitrogens with zero attached hydrogens (tertiary/aromatic N) is 1. The lowest BCUT2D eigenvalue weighted by Gasteiger charge is -2.21. The number of rotatable bonds is 7. The Bertz CT molecular complexity index is 370. The molecule has 0 aliphatic rings. The van der Waals surface area contributed by atoms with Crippen molar-refractivity contribution in [3.8, 4) is 0 Å². The SMILES string of the molecule is CCCNC(=O)N(Cc1ccccc1)NOC=O. The summed E-state index contributed by atoms with van der Waals surface area (Å²) < 4.78 is 0. The van der Waals surface area contributed by atoms with Crippen LogP contribution in [0.1, 0.15) is 18.9 Å². The van der Waals surface area contributed by atoms with E-state index in [1.54, 1.807) is 0 Å². The van der Waals surface area contributed by atoms with Crippen LogP contribution in [-0.4, -0.2) is 24.1 Å². The van der Waals surface area contributed by atoms with Crippen molar-refractivity contribution in [1.82, 2.24) is 15.9 Å². The normalized spacial score (nSPS) is 9.61. The molecule has 0 spiro atoms. The molecule has 18 heavy (non-hydrogen) atoms. The molecule has 0 atom stereocenters. The summed E-state index contributed by atoms with van der Waals surface area (Å²) in [5.41, 5.74) is 3.20. The van der Waals surface area contributed by atoms with Gasteiger partial charge in [-0.1, -0.05) is 42.8 Å². The third-order valence-electron chi connectivity index (χ3n) is 2.17. The monoisotopic (exact) mass is 251 g/mol. The van der Waals surface area contributed by atoms with Crippen molar-refractivity contribution in [1.29, 1.82) is 0 Å². The Balaban J connectivity index is 2.59. The van der Waals surface area contributed by atoms with E-state index >= 15 is 0 Å². The number of urea groups is 1. The summed E-state index contributed by atoms with van der Waals surface area (Å²) in [4.78, 5) is 26.3. The van der Waals surface area contributed by atoms with Crippen LogP contribution in [0.4, 0.5) is 4.79 Å². The average molecular weight is 251 g/mol. The number of carbonyl (C=O) groups is 2. The van der Waals surface area contributed by atoms with Gasteiger partial charge in [-0.3, -0.25) is 4.79 Å². The highest BCUT2D eigenvalue weighted by Gasteiger charge is 2.13. The number of hydrogen-bond acceptors (Lipinski definition) is 4. The second-order valence-corrected chi connectivity index (χ2v) is 3.61. The smallest absolute Gasteiger partial charge is 0.334 e. The van der Waals surface area contributed by atoms with Crippen molar-refractivity contribution in [2.24, 2.45) is 0 Å². The Morgan fingerprint density at radius 2 is 2.11 bits per heavy atom. The van der Waals surface area contributed by atoms with E-state index in [1.165, 1.54) is 5.01 Å². The Kier molecular flexibility index (Phi) is 6.27. The molecule has 0 aliphatic carbocycles. The molecule has 0 unspecified atom stereocenters. The first-order valence-electron chi connectivity index (χ1n) is 5.72. The predicted molar refractivity (Wildman–Crippen MR) is 66.0 cm³/mol. The molecule has 2 amide bonds. The van der Waals surface area contributed by atoms with Crippen LogP contribution in [0.25, 0.3) is 0 Å². The molecule has 6 heteroatoms. The minimum atomic E-state index is -0.345. The third kappa shape index (κ3) is 4.84. The van der Waals surface area contributed by atoms with Crippen molar-refractivity contribution in [3.05, 3.63) is 35.9 Å². The molecule has 0 radical (unpaired) electrons. The van der Waals surface area contributed by atoms with Crippen LogP contribution >= 0.6 is 0 Å². The van der Waals surface area contributed by atoms with Crippen LogP contribution in [0.15, 0.2) is 30.3 Å². The lowest BCUT2D eigenvalue weighted by molar-refractivity contribution is -0.145. The second kappa shape index (κ2) is 8.08. The molecule has 0 saturated heterocycles. The number of amides is 2. The van der Waals surface area contributed by atoms with Gasteiger partial charge in [0.05, 0.1) is 6.54 Å². The number of carbonyl (C=O) groups excluding carboxylic acids is 2. The molecule has 0 aliphatic heterocycles. The molecular formula is C12H17N3O3. The molecule has 6 nitrogen and oxygen atoms in total. The van der Waals surface area contributed by atoms with Gasteiger partial charge in [0, 0.05) is 6.54 Å². The topological polar surface area (TPSA) is 70.7 Å². The highest BCUT2D eigenvalue weighted by atomic mass is 16.7. The van der Waals surface area contributed by atoms with Crippen molar-refractivity contribution < 1.29 is 14.4 Å². The van der Waals surface area contributed by atoms with E-state index in [2.05, 4.69) is 15.7 Å². The summed E-state index contributed by atoms with van der Waals surface area (Å²) in [6.07, 6.45) is 0.833. The molecule has 0 saturated carbocycles. The quantitative estimate of drug-likeness (QED) is 0.564. The Morgan fingerprint density at radius 3 is 2.72 bits per heavy atom. The number of nitrogens with one attached hydrogen (secondary N) is 2. The Labute approximate surface area is 106 Å². The molecule has 0 aromatic heterocycles. The van der Waals surface area contributed by atoms with Gasteiger partial charge in [-0.15, -0.1) is 0 Å². The predicted octanol–water partition coefficient (Wildman–Crippen LogP) is 1.20. The third-order valence-corrected chi connectivity index (χ3v) is 2.17. The summed E-state index contributed by atoms with van der Waals surface area (Å²) in [6.45, 7) is 3.04. The maximum absolute atomic E-state index is 11.8. The zero-order valence-corrected chi connectivity index (χ0v) is 10.3. The summed E-state index contributed by atoms with van der Waals surface area (Å²) in [7, 11) is 0. The Morgan fingerprint density at radius 1 is 1.39 bits per heavy atom. The fraction of sp³-hybridized carbons (Fsp3) is 0.333. The second-order valence-electron chi connectivity index (χ2n) is 3.61. The minimum Gasteiger partial charge on any atom is -0.354 e. The van der Waals surface area contributed by atoms with Crippen molar-refractivity contribution in [2.45, 2.75) is 19.9 Å². The van der Waals surface area contributed by atoms with Gasteiger partial charge in [-0.2, -0.15) is 0 Å². The van der Waals surface area contributed by atoms with Crippen LogP contribution in [0.2, 0.25) is 0 Å². The van der Waals surface area contributed by atoms with E-state index in [0.717, 1.165) is 12.0 Å². The number of benzene rings is 1. The van der Waals surface area contributed by atoms with E-state index in [-0.39, 0.29) is 12.5 Å². The van der Waals surface area contributed by atoms with E-state index < -0.39 is 0 Å².